The molecule has 0 radical (unpaired) electrons. The van der Waals surface area contributed by atoms with Gasteiger partial charge in [-0.25, -0.2) is 8.78 Å². The molecule has 2 amide bonds. The maximum absolute atomic E-state index is 14.4. The molecule has 1 spiro atoms. The molecular formula is C23H22F2N2O2S. The van der Waals surface area contributed by atoms with Gasteiger partial charge in [-0.1, -0.05) is 30.2 Å². The Bertz CT molecular complexity index is 1060. The van der Waals surface area contributed by atoms with E-state index in [1.165, 1.54) is 23.9 Å². The van der Waals surface area contributed by atoms with Crippen LogP contribution >= 0.6 is 11.8 Å². The van der Waals surface area contributed by atoms with E-state index in [0.29, 0.717) is 18.0 Å². The lowest BCUT2D eigenvalue weighted by Crippen LogP contribution is -2.52. The highest BCUT2D eigenvalue weighted by atomic mass is 32.2. The Morgan fingerprint density at radius 2 is 2.00 bits per heavy atom. The molecule has 2 aliphatic heterocycles. The summed E-state index contributed by atoms with van der Waals surface area (Å²) in [5.74, 6) is -0.843. The van der Waals surface area contributed by atoms with E-state index >= 15 is 0 Å². The van der Waals surface area contributed by atoms with E-state index in [1.807, 2.05) is 25.1 Å². The Labute approximate surface area is 178 Å². The maximum Gasteiger partial charge on any atom is 0.268 e. The molecule has 1 saturated carbocycles. The lowest BCUT2D eigenvalue weighted by molar-refractivity contribution is -0.145. The van der Waals surface area contributed by atoms with Crippen molar-refractivity contribution in [2.45, 2.75) is 37.6 Å². The van der Waals surface area contributed by atoms with Crippen LogP contribution in [0.1, 0.15) is 36.0 Å². The van der Waals surface area contributed by atoms with Crippen molar-refractivity contribution in [3.05, 3.63) is 64.7 Å². The monoisotopic (exact) mass is 428 g/mol. The number of benzene rings is 2. The van der Waals surface area contributed by atoms with Crippen molar-refractivity contribution < 1.29 is 18.4 Å². The lowest BCUT2D eigenvalue weighted by Gasteiger charge is -2.37. The molecule has 2 aromatic rings. The minimum absolute atomic E-state index is 0.00518. The molecule has 30 heavy (non-hydrogen) atoms. The van der Waals surface area contributed by atoms with Crippen molar-refractivity contribution in [3.63, 3.8) is 0 Å². The van der Waals surface area contributed by atoms with Crippen molar-refractivity contribution in [2.24, 2.45) is 5.92 Å². The number of halogens is 2. The number of fused-ring (bicyclic) bond motifs is 2. The van der Waals surface area contributed by atoms with Gasteiger partial charge in [0.1, 0.15) is 11.6 Å². The Morgan fingerprint density at radius 3 is 2.70 bits per heavy atom. The molecule has 156 valence electrons. The zero-order valence-corrected chi connectivity index (χ0v) is 17.5. The van der Waals surface area contributed by atoms with Gasteiger partial charge < -0.3 is 9.80 Å². The molecule has 4 nitrogen and oxygen atoms in total. The summed E-state index contributed by atoms with van der Waals surface area (Å²) in [5, 5.41) is 0. The van der Waals surface area contributed by atoms with Gasteiger partial charge in [-0.2, -0.15) is 0 Å². The van der Waals surface area contributed by atoms with Crippen LogP contribution < -0.4 is 4.90 Å². The summed E-state index contributed by atoms with van der Waals surface area (Å²) in [6.07, 6.45) is 2.79. The van der Waals surface area contributed by atoms with Gasteiger partial charge in [0.25, 0.3) is 5.91 Å². The largest absolute Gasteiger partial charge is 0.315 e. The molecule has 1 aliphatic carbocycles. The van der Waals surface area contributed by atoms with Crippen molar-refractivity contribution in [1.82, 2.24) is 4.90 Å². The summed E-state index contributed by atoms with van der Waals surface area (Å²) < 4.78 is 27.7. The molecule has 1 atom stereocenters. The third-order valence-corrected chi connectivity index (χ3v) is 7.83. The van der Waals surface area contributed by atoms with E-state index in [1.54, 1.807) is 9.80 Å². The van der Waals surface area contributed by atoms with Gasteiger partial charge in [-0.05, 0) is 31.9 Å². The molecule has 3 aliphatic rings. The number of nitrogens with zero attached hydrogens (tertiary/aromatic N) is 2. The van der Waals surface area contributed by atoms with Gasteiger partial charge in [0.15, 0.2) is 4.87 Å². The van der Waals surface area contributed by atoms with Crippen molar-refractivity contribution in [1.29, 1.82) is 0 Å². The van der Waals surface area contributed by atoms with Crippen LogP contribution in [0.4, 0.5) is 14.5 Å². The fourth-order valence-electron chi connectivity index (χ4n) is 4.60. The van der Waals surface area contributed by atoms with E-state index in [0.717, 1.165) is 36.5 Å². The fraction of sp³-hybridized carbons (Fsp3) is 0.391. The van der Waals surface area contributed by atoms with Crippen LogP contribution in [0.2, 0.25) is 0 Å². The zero-order chi connectivity index (χ0) is 21.0. The summed E-state index contributed by atoms with van der Waals surface area (Å²) in [4.78, 5) is 29.3. The second-order valence-corrected chi connectivity index (χ2v) is 9.55. The predicted molar refractivity (Wildman–Crippen MR) is 112 cm³/mol. The number of hydrogen-bond donors (Lipinski definition) is 0. The van der Waals surface area contributed by atoms with Crippen LogP contribution in [-0.4, -0.2) is 29.0 Å². The van der Waals surface area contributed by atoms with Crippen LogP contribution in [-0.2, 0) is 21.0 Å². The quantitative estimate of drug-likeness (QED) is 0.730. The van der Waals surface area contributed by atoms with E-state index in [4.69, 9.17) is 0 Å². The van der Waals surface area contributed by atoms with Gasteiger partial charge in [-0.3, -0.25) is 9.59 Å². The first-order valence-corrected chi connectivity index (χ1v) is 11.2. The second kappa shape index (κ2) is 7.08. The molecule has 2 aromatic carbocycles. The molecule has 2 fully saturated rings. The first kappa shape index (κ1) is 19.5. The number of aryl methyl sites for hydroxylation is 1. The van der Waals surface area contributed by atoms with Gasteiger partial charge in [0.05, 0.1) is 12.2 Å². The Kier molecular flexibility index (Phi) is 4.61. The van der Waals surface area contributed by atoms with Crippen molar-refractivity contribution >= 4 is 29.3 Å². The highest BCUT2D eigenvalue weighted by Gasteiger charge is 2.60. The number of rotatable bonds is 3. The van der Waals surface area contributed by atoms with Crippen LogP contribution in [0, 0.1) is 24.5 Å². The second-order valence-electron chi connectivity index (χ2n) is 8.26. The Balaban J connectivity index is 1.58. The molecular weight excluding hydrogens is 406 g/mol. The third-order valence-electron chi connectivity index (χ3n) is 6.41. The topological polar surface area (TPSA) is 40.6 Å². The predicted octanol–water partition coefficient (Wildman–Crippen LogP) is 4.35. The van der Waals surface area contributed by atoms with E-state index in [2.05, 4.69) is 0 Å². The zero-order valence-electron chi connectivity index (χ0n) is 16.7. The summed E-state index contributed by atoms with van der Waals surface area (Å²) >= 11 is 1.48. The SMILES string of the molecule is Cc1ccc2c(c1)C1(SCCN1C(=O)C1CCC1)C(=O)N2Cc1ccc(F)cc1F. The normalized spacial score (nSPS) is 23.2. The molecule has 2 heterocycles. The molecule has 0 N–H and O–H groups in total. The Morgan fingerprint density at radius 1 is 1.20 bits per heavy atom. The summed E-state index contributed by atoms with van der Waals surface area (Å²) in [6, 6.07) is 9.14. The first-order valence-electron chi connectivity index (χ1n) is 10.2. The average Bonchev–Trinajstić information content (AvgIpc) is 3.20. The van der Waals surface area contributed by atoms with Crippen LogP contribution in [0.15, 0.2) is 36.4 Å². The number of carbonyl (C=O) groups excluding carboxylic acids is 2. The molecule has 7 heteroatoms. The highest BCUT2D eigenvalue weighted by molar-refractivity contribution is 8.01. The van der Waals surface area contributed by atoms with Crippen LogP contribution in [0.5, 0.6) is 0 Å². The number of anilines is 1. The third kappa shape index (κ3) is 2.78. The number of thioether (sulfide) groups is 1. The Hall–Kier alpha value is -2.41. The van der Waals surface area contributed by atoms with Gasteiger partial charge >= 0.3 is 0 Å². The van der Waals surface area contributed by atoms with Crippen LogP contribution in [0.3, 0.4) is 0 Å². The molecule has 1 saturated heterocycles. The van der Waals surface area contributed by atoms with Gasteiger partial charge in [-0.15, -0.1) is 11.8 Å². The van der Waals surface area contributed by atoms with Gasteiger partial charge in [0, 0.05) is 35.4 Å². The van der Waals surface area contributed by atoms with E-state index in [9.17, 15) is 18.4 Å². The number of carbonyl (C=O) groups is 2. The van der Waals surface area contributed by atoms with E-state index in [-0.39, 0.29) is 29.8 Å². The number of amides is 2. The first-order chi connectivity index (χ1) is 14.4. The smallest absolute Gasteiger partial charge is 0.268 e. The van der Waals surface area contributed by atoms with Crippen molar-refractivity contribution in [2.75, 3.05) is 17.2 Å². The molecule has 0 bridgehead atoms. The summed E-state index contributed by atoms with van der Waals surface area (Å²) in [6.45, 7) is 2.48. The van der Waals surface area contributed by atoms with Crippen LogP contribution in [0.25, 0.3) is 0 Å². The standard InChI is InChI=1S/C23H22F2N2O2S/c1-14-5-8-20-18(11-14)23(27(9-10-30-23)21(28)15-3-2-4-15)22(29)26(20)13-16-6-7-17(24)12-19(16)25/h5-8,11-12,15H,2-4,9-10,13H2,1H3. The minimum atomic E-state index is -1.09. The lowest BCUT2D eigenvalue weighted by atomic mass is 9.84. The summed E-state index contributed by atoms with van der Waals surface area (Å²) in [5.41, 5.74) is 2.73. The molecule has 1 unspecified atom stereocenters. The molecule has 5 rings (SSSR count). The maximum atomic E-state index is 14.4. The summed E-state index contributed by atoms with van der Waals surface area (Å²) in [7, 11) is 0. The number of hydrogen-bond acceptors (Lipinski definition) is 3. The van der Waals surface area contributed by atoms with Crippen molar-refractivity contribution in [3.8, 4) is 0 Å². The van der Waals surface area contributed by atoms with E-state index < -0.39 is 16.5 Å². The minimum Gasteiger partial charge on any atom is -0.315 e. The molecule has 0 aromatic heterocycles. The van der Waals surface area contributed by atoms with Gasteiger partial charge in [0.2, 0.25) is 5.91 Å². The fourth-order valence-corrected chi connectivity index (χ4v) is 6.06. The highest BCUT2D eigenvalue weighted by Crippen LogP contribution is 2.55. The average molecular weight is 429 g/mol.